The van der Waals surface area contributed by atoms with E-state index >= 15 is 0 Å². The molecule has 6 nitrogen and oxygen atoms in total. The van der Waals surface area contributed by atoms with Gasteiger partial charge in [-0.3, -0.25) is 4.68 Å². The van der Waals surface area contributed by atoms with Gasteiger partial charge in [-0.05, 0) is 47.5 Å². The topological polar surface area (TPSA) is 85.0 Å². The number of amides is 2. The number of carbonyl (C=O) groups is 1. The molecule has 0 unspecified atom stereocenters. The van der Waals surface area contributed by atoms with Gasteiger partial charge in [-0.2, -0.15) is 5.10 Å². The number of halogens is 1. The van der Waals surface area contributed by atoms with E-state index in [0.717, 1.165) is 22.0 Å². The number of nitrogens with zero attached hydrogens (tertiary/aromatic N) is 2. The number of rotatable bonds is 3. The number of anilines is 3. The number of hydrogen-bond donors (Lipinski definition) is 3. The Bertz CT molecular complexity index is 1170. The Balaban J connectivity index is 1.54. The second kappa shape index (κ2) is 7.25. The molecular formula is C21H18ClN5O. The predicted molar refractivity (Wildman–Crippen MR) is 115 cm³/mol. The van der Waals surface area contributed by atoms with E-state index < -0.39 is 0 Å². The first-order chi connectivity index (χ1) is 13.5. The Kier molecular flexibility index (Phi) is 4.63. The van der Waals surface area contributed by atoms with Gasteiger partial charge in [0.25, 0.3) is 0 Å². The molecule has 0 saturated carbocycles. The summed E-state index contributed by atoms with van der Waals surface area (Å²) in [5.41, 5.74) is 10.3. The molecule has 0 bridgehead atoms. The van der Waals surface area contributed by atoms with Crippen molar-refractivity contribution in [3.8, 4) is 11.1 Å². The fraction of sp³-hybridized carbons (Fsp3) is 0.0476. The van der Waals surface area contributed by atoms with Crippen LogP contribution in [0.5, 0.6) is 0 Å². The molecule has 0 aliphatic rings. The number of nitrogens with one attached hydrogen (secondary N) is 2. The molecule has 7 heteroatoms. The standard InChI is InChI=1S/C21H18ClN5O/c1-27-18-7-3-6-17(19(18)20(23)26-27)13-8-10-15(11-9-13)24-21(28)25-16-5-2-4-14(22)12-16/h2-12H,1H3,(H2,23,26)(H2,24,25,28). The minimum Gasteiger partial charge on any atom is -0.382 e. The summed E-state index contributed by atoms with van der Waals surface area (Å²) in [4.78, 5) is 12.2. The van der Waals surface area contributed by atoms with Gasteiger partial charge in [0, 0.05) is 23.4 Å². The van der Waals surface area contributed by atoms with E-state index in [2.05, 4.69) is 15.7 Å². The van der Waals surface area contributed by atoms with Crippen LogP contribution in [0.1, 0.15) is 0 Å². The van der Waals surface area contributed by atoms with Gasteiger partial charge in [0.1, 0.15) is 0 Å². The molecule has 1 aromatic heterocycles. The Labute approximate surface area is 166 Å². The third kappa shape index (κ3) is 3.50. The summed E-state index contributed by atoms with van der Waals surface area (Å²) >= 11 is 5.93. The maximum Gasteiger partial charge on any atom is 0.323 e. The van der Waals surface area contributed by atoms with Gasteiger partial charge in [-0.25, -0.2) is 4.79 Å². The number of nitrogen functional groups attached to an aromatic ring is 1. The van der Waals surface area contributed by atoms with Crippen LogP contribution in [0.2, 0.25) is 5.02 Å². The highest BCUT2D eigenvalue weighted by Crippen LogP contribution is 2.32. The van der Waals surface area contributed by atoms with E-state index in [1.807, 2.05) is 49.5 Å². The van der Waals surface area contributed by atoms with E-state index in [9.17, 15) is 4.79 Å². The number of urea groups is 1. The third-order valence-corrected chi connectivity index (χ3v) is 4.68. The summed E-state index contributed by atoms with van der Waals surface area (Å²) in [7, 11) is 1.87. The number of carbonyl (C=O) groups excluding carboxylic acids is 1. The van der Waals surface area contributed by atoms with E-state index in [1.54, 1.807) is 28.9 Å². The summed E-state index contributed by atoms with van der Waals surface area (Å²) < 4.78 is 1.77. The van der Waals surface area contributed by atoms with Crippen molar-refractivity contribution in [1.82, 2.24) is 9.78 Å². The van der Waals surface area contributed by atoms with Crippen LogP contribution >= 0.6 is 11.6 Å². The first-order valence-electron chi connectivity index (χ1n) is 8.66. The van der Waals surface area contributed by atoms with Gasteiger partial charge < -0.3 is 16.4 Å². The van der Waals surface area contributed by atoms with E-state index in [1.165, 1.54) is 0 Å². The van der Waals surface area contributed by atoms with Crippen molar-refractivity contribution in [3.05, 3.63) is 71.8 Å². The fourth-order valence-electron chi connectivity index (χ4n) is 3.18. The minimum absolute atomic E-state index is 0.339. The van der Waals surface area contributed by atoms with Crippen molar-refractivity contribution in [2.75, 3.05) is 16.4 Å². The molecule has 0 fully saturated rings. The lowest BCUT2D eigenvalue weighted by Gasteiger charge is -2.09. The first-order valence-corrected chi connectivity index (χ1v) is 9.04. The second-order valence-corrected chi connectivity index (χ2v) is 6.81. The highest BCUT2D eigenvalue weighted by molar-refractivity contribution is 6.30. The Morgan fingerprint density at radius 3 is 2.46 bits per heavy atom. The Morgan fingerprint density at radius 1 is 1.00 bits per heavy atom. The summed E-state index contributed by atoms with van der Waals surface area (Å²) in [6.07, 6.45) is 0. The number of aromatic nitrogens is 2. The zero-order valence-electron chi connectivity index (χ0n) is 15.1. The van der Waals surface area contributed by atoms with E-state index in [0.29, 0.717) is 22.2 Å². The van der Waals surface area contributed by atoms with Crippen LogP contribution in [-0.4, -0.2) is 15.8 Å². The second-order valence-electron chi connectivity index (χ2n) is 6.38. The van der Waals surface area contributed by atoms with Gasteiger partial charge in [-0.1, -0.05) is 41.9 Å². The quantitative estimate of drug-likeness (QED) is 0.453. The van der Waals surface area contributed by atoms with Gasteiger partial charge in [0.2, 0.25) is 0 Å². The van der Waals surface area contributed by atoms with E-state index in [-0.39, 0.29) is 6.03 Å². The van der Waals surface area contributed by atoms with Gasteiger partial charge in [0.05, 0.1) is 10.9 Å². The van der Waals surface area contributed by atoms with Crippen LogP contribution in [0.4, 0.5) is 22.0 Å². The number of aryl methyl sites for hydroxylation is 1. The van der Waals surface area contributed by atoms with Gasteiger partial charge in [0.15, 0.2) is 5.82 Å². The number of benzene rings is 3. The summed E-state index contributed by atoms with van der Waals surface area (Å²) in [6, 6.07) is 20.2. The summed E-state index contributed by atoms with van der Waals surface area (Å²) in [5.74, 6) is 0.496. The predicted octanol–water partition coefficient (Wildman–Crippen LogP) is 5.12. The molecule has 0 aliphatic carbocycles. The van der Waals surface area contributed by atoms with Crippen LogP contribution in [-0.2, 0) is 7.05 Å². The molecule has 2 amide bonds. The maximum atomic E-state index is 12.2. The maximum absolute atomic E-state index is 12.2. The lowest BCUT2D eigenvalue weighted by molar-refractivity contribution is 0.262. The largest absolute Gasteiger partial charge is 0.382 e. The lowest BCUT2D eigenvalue weighted by atomic mass is 10.0. The van der Waals surface area contributed by atoms with Crippen molar-refractivity contribution in [3.63, 3.8) is 0 Å². The molecule has 4 rings (SSSR count). The molecule has 0 saturated heterocycles. The van der Waals surface area contributed by atoms with Gasteiger partial charge in [-0.15, -0.1) is 0 Å². The normalized spacial score (nSPS) is 10.8. The molecule has 0 spiro atoms. The molecule has 4 aromatic rings. The van der Waals surface area contributed by atoms with Gasteiger partial charge >= 0.3 is 6.03 Å². The Morgan fingerprint density at radius 2 is 1.71 bits per heavy atom. The van der Waals surface area contributed by atoms with Crippen LogP contribution in [0.15, 0.2) is 66.7 Å². The SMILES string of the molecule is Cn1nc(N)c2c(-c3ccc(NC(=O)Nc4cccc(Cl)c4)cc3)cccc21. The van der Waals surface area contributed by atoms with Crippen LogP contribution in [0.3, 0.4) is 0 Å². The minimum atomic E-state index is -0.339. The molecule has 3 aromatic carbocycles. The van der Waals surface area contributed by atoms with Crippen molar-refractivity contribution in [1.29, 1.82) is 0 Å². The summed E-state index contributed by atoms with van der Waals surface area (Å²) in [6.45, 7) is 0. The van der Waals surface area contributed by atoms with Crippen LogP contribution in [0, 0.1) is 0 Å². The van der Waals surface area contributed by atoms with Crippen molar-refractivity contribution >= 4 is 45.7 Å². The molecule has 0 atom stereocenters. The third-order valence-electron chi connectivity index (χ3n) is 4.44. The number of hydrogen-bond acceptors (Lipinski definition) is 3. The molecule has 1 heterocycles. The zero-order chi connectivity index (χ0) is 19.7. The lowest BCUT2D eigenvalue weighted by Crippen LogP contribution is -2.19. The molecule has 0 aliphatic heterocycles. The van der Waals surface area contributed by atoms with Crippen LogP contribution in [0.25, 0.3) is 22.0 Å². The monoisotopic (exact) mass is 391 g/mol. The average molecular weight is 392 g/mol. The average Bonchev–Trinajstić information content (AvgIpc) is 2.96. The van der Waals surface area contributed by atoms with Crippen molar-refractivity contribution in [2.24, 2.45) is 7.05 Å². The summed E-state index contributed by atoms with van der Waals surface area (Å²) in [5, 5.41) is 11.3. The molecule has 28 heavy (non-hydrogen) atoms. The molecule has 0 radical (unpaired) electrons. The number of nitrogens with two attached hydrogens (primary N) is 1. The molecule has 4 N–H and O–H groups in total. The molecule has 140 valence electrons. The van der Waals surface area contributed by atoms with Crippen molar-refractivity contribution in [2.45, 2.75) is 0 Å². The smallest absolute Gasteiger partial charge is 0.323 e. The zero-order valence-corrected chi connectivity index (χ0v) is 15.9. The van der Waals surface area contributed by atoms with Crippen LogP contribution < -0.4 is 16.4 Å². The highest BCUT2D eigenvalue weighted by Gasteiger charge is 2.12. The highest BCUT2D eigenvalue weighted by atomic mass is 35.5. The first kappa shape index (κ1) is 17.9. The fourth-order valence-corrected chi connectivity index (χ4v) is 3.37. The van der Waals surface area contributed by atoms with Crippen molar-refractivity contribution < 1.29 is 4.79 Å². The molecular weight excluding hydrogens is 374 g/mol. The number of fused-ring (bicyclic) bond motifs is 1. The van der Waals surface area contributed by atoms with E-state index in [4.69, 9.17) is 17.3 Å². The Hall–Kier alpha value is -3.51.